The molecule has 22 heavy (non-hydrogen) atoms. The van der Waals surface area contributed by atoms with Crippen LogP contribution in [0.2, 0.25) is 0 Å². The van der Waals surface area contributed by atoms with Crippen LogP contribution in [-0.4, -0.2) is 29.6 Å². The van der Waals surface area contributed by atoms with Gasteiger partial charge in [0.15, 0.2) is 6.61 Å². The van der Waals surface area contributed by atoms with Gasteiger partial charge < -0.3 is 15.2 Å². The second kappa shape index (κ2) is 8.87. The molecule has 120 valence electrons. The van der Waals surface area contributed by atoms with Gasteiger partial charge in [0.25, 0.3) is 5.91 Å². The summed E-state index contributed by atoms with van der Waals surface area (Å²) < 4.78 is 5.48. The zero-order valence-corrected chi connectivity index (χ0v) is 13.0. The van der Waals surface area contributed by atoms with Gasteiger partial charge in [-0.05, 0) is 30.4 Å². The van der Waals surface area contributed by atoms with Gasteiger partial charge in [0.2, 0.25) is 0 Å². The van der Waals surface area contributed by atoms with Crippen LogP contribution in [0.25, 0.3) is 0 Å². The minimum Gasteiger partial charge on any atom is -0.483 e. The molecule has 0 saturated heterocycles. The van der Waals surface area contributed by atoms with Crippen LogP contribution in [0.5, 0.6) is 5.75 Å². The van der Waals surface area contributed by atoms with E-state index in [9.17, 15) is 9.59 Å². The number of hydrogen-bond acceptors (Lipinski definition) is 3. The molecule has 1 aromatic rings. The Labute approximate surface area is 131 Å². The van der Waals surface area contributed by atoms with Crippen molar-refractivity contribution in [2.75, 3.05) is 6.61 Å². The number of carboxylic acid groups (broad SMARTS) is 1. The number of aliphatic carboxylic acids is 1. The lowest BCUT2D eigenvalue weighted by atomic mass is 10.0. The van der Waals surface area contributed by atoms with Crippen LogP contribution in [0, 0.1) is 5.92 Å². The molecule has 0 aliphatic heterocycles. The van der Waals surface area contributed by atoms with Gasteiger partial charge in [-0.1, -0.05) is 38.1 Å². The van der Waals surface area contributed by atoms with Gasteiger partial charge in [0.05, 0.1) is 0 Å². The second-order valence-electron chi connectivity index (χ2n) is 5.48. The van der Waals surface area contributed by atoms with Crippen LogP contribution < -0.4 is 10.1 Å². The van der Waals surface area contributed by atoms with Gasteiger partial charge in [-0.15, -0.1) is 6.58 Å². The molecular formula is C17H23NO4. The fourth-order valence-electron chi connectivity index (χ4n) is 2.04. The first-order chi connectivity index (χ1) is 10.4. The number of carbonyl (C=O) groups excluding carboxylic acids is 1. The zero-order chi connectivity index (χ0) is 16.5. The molecule has 0 spiro atoms. The Morgan fingerprint density at radius 3 is 2.64 bits per heavy atom. The lowest BCUT2D eigenvalue weighted by Crippen LogP contribution is -2.43. The highest BCUT2D eigenvalue weighted by atomic mass is 16.5. The van der Waals surface area contributed by atoms with Crippen molar-refractivity contribution >= 4 is 11.9 Å². The fraction of sp³-hybridized carbons (Fsp3) is 0.412. The smallest absolute Gasteiger partial charge is 0.326 e. The van der Waals surface area contributed by atoms with E-state index in [1.54, 1.807) is 12.1 Å². The van der Waals surface area contributed by atoms with Crippen LogP contribution in [0.15, 0.2) is 36.9 Å². The molecule has 0 bridgehead atoms. The maximum absolute atomic E-state index is 11.9. The first-order valence-corrected chi connectivity index (χ1v) is 7.27. The molecule has 0 aliphatic rings. The average molecular weight is 305 g/mol. The van der Waals surface area contributed by atoms with Crippen LogP contribution in [0.1, 0.15) is 25.8 Å². The molecule has 0 heterocycles. The van der Waals surface area contributed by atoms with Gasteiger partial charge in [0.1, 0.15) is 11.8 Å². The highest BCUT2D eigenvalue weighted by Gasteiger charge is 2.21. The van der Waals surface area contributed by atoms with Crippen molar-refractivity contribution < 1.29 is 19.4 Å². The number of allylic oxidation sites excluding steroid dienone is 1. The average Bonchev–Trinajstić information content (AvgIpc) is 2.45. The Morgan fingerprint density at radius 2 is 2.05 bits per heavy atom. The predicted octanol–water partition coefficient (Wildman–Crippen LogP) is 2.41. The van der Waals surface area contributed by atoms with Crippen molar-refractivity contribution in [1.29, 1.82) is 0 Å². The number of amides is 1. The molecule has 0 aromatic heterocycles. The molecule has 0 radical (unpaired) electrons. The number of para-hydroxylation sites is 1. The third kappa shape index (κ3) is 5.99. The van der Waals surface area contributed by atoms with E-state index in [0.717, 1.165) is 5.56 Å². The molecule has 1 atom stereocenters. The molecule has 5 heteroatoms. The highest BCUT2D eigenvalue weighted by molar-refractivity contribution is 5.84. The summed E-state index contributed by atoms with van der Waals surface area (Å²) in [7, 11) is 0. The van der Waals surface area contributed by atoms with Crippen LogP contribution in [-0.2, 0) is 16.0 Å². The van der Waals surface area contributed by atoms with Crippen LogP contribution >= 0.6 is 0 Å². The van der Waals surface area contributed by atoms with Gasteiger partial charge in [-0.3, -0.25) is 4.79 Å². The number of carbonyl (C=O) groups is 2. The molecule has 0 fully saturated rings. The minimum absolute atomic E-state index is 0.177. The molecular weight excluding hydrogens is 282 g/mol. The first-order valence-electron chi connectivity index (χ1n) is 7.27. The largest absolute Gasteiger partial charge is 0.483 e. The van der Waals surface area contributed by atoms with E-state index < -0.39 is 17.9 Å². The van der Waals surface area contributed by atoms with E-state index in [-0.39, 0.29) is 12.5 Å². The molecule has 2 N–H and O–H groups in total. The molecule has 0 aliphatic carbocycles. The van der Waals surface area contributed by atoms with E-state index in [1.807, 2.05) is 32.0 Å². The van der Waals surface area contributed by atoms with Crippen LogP contribution in [0.4, 0.5) is 0 Å². The van der Waals surface area contributed by atoms with Gasteiger partial charge >= 0.3 is 5.97 Å². The number of carboxylic acids is 1. The summed E-state index contributed by atoms with van der Waals surface area (Å²) >= 11 is 0. The number of ether oxygens (including phenoxy) is 1. The van der Waals surface area contributed by atoms with E-state index >= 15 is 0 Å². The van der Waals surface area contributed by atoms with E-state index in [1.165, 1.54) is 0 Å². The van der Waals surface area contributed by atoms with Crippen molar-refractivity contribution in [2.45, 2.75) is 32.7 Å². The van der Waals surface area contributed by atoms with Gasteiger partial charge in [-0.25, -0.2) is 4.79 Å². The summed E-state index contributed by atoms with van der Waals surface area (Å²) in [4.78, 5) is 23.0. The summed E-state index contributed by atoms with van der Waals surface area (Å²) in [6.45, 7) is 7.28. The summed E-state index contributed by atoms with van der Waals surface area (Å²) in [5.74, 6) is -0.695. The van der Waals surface area contributed by atoms with Crippen molar-refractivity contribution in [1.82, 2.24) is 5.32 Å². The summed E-state index contributed by atoms with van der Waals surface area (Å²) in [6, 6.07) is 6.48. The first kappa shape index (κ1) is 17.8. The number of hydrogen-bond donors (Lipinski definition) is 2. The number of nitrogens with one attached hydrogen (secondary N) is 1. The lowest BCUT2D eigenvalue weighted by Gasteiger charge is -2.17. The maximum atomic E-state index is 11.9. The lowest BCUT2D eigenvalue weighted by molar-refractivity contribution is -0.142. The Bertz CT molecular complexity index is 525. The molecule has 5 nitrogen and oxygen atoms in total. The third-order valence-electron chi connectivity index (χ3n) is 3.04. The quantitative estimate of drug-likeness (QED) is 0.687. The van der Waals surface area contributed by atoms with E-state index in [4.69, 9.17) is 9.84 Å². The normalized spacial score (nSPS) is 11.8. The minimum atomic E-state index is -1.03. The summed E-state index contributed by atoms with van der Waals surface area (Å²) in [5, 5.41) is 11.6. The Hall–Kier alpha value is -2.30. The van der Waals surface area contributed by atoms with Crippen LogP contribution in [0.3, 0.4) is 0 Å². The SMILES string of the molecule is C=CCc1ccccc1OCC(=O)NC(CC(C)C)C(=O)O. The van der Waals surface area contributed by atoms with Crippen molar-refractivity contribution in [3.05, 3.63) is 42.5 Å². The fourth-order valence-corrected chi connectivity index (χ4v) is 2.04. The molecule has 1 amide bonds. The zero-order valence-electron chi connectivity index (χ0n) is 13.0. The van der Waals surface area contributed by atoms with Crippen molar-refractivity contribution in [3.63, 3.8) is 0 Å². The van der Waals surface area contributed by atoms with Crippen molar-refractivity contribution in [2.24, 2.45) is 5.92 Å². The molecule has 1 aromatic carbocycles. The predicted molar refractivity (Wildman–Crippen MR) is 84.9 cm³/mol. The van der Waals surface area contributed by atoms with Crippen molar-refractivity contribution in [3.8, 4) is 5.75 Å². The second-order valence-corrected chi connectivity index (χ2v) is 5.48. The Kier molecular flexibility index (Phi) is 7.16. The van der Waals surface area contributed by atoms with E-state index in [2.05, 4.69) is 11.9 Å². The highest BCUT2D eigenvalue weighted by Crippen LogP contribution is 2.18. The van der Waals surface area contributed by atoms with Gasteiger partial charge in [0, 0.05) is 0 Å². The Balaban J connectivity index is 2.58. The topological polar surface area (TPSA) is 75.6 Å². The standard InChI is InChI=1S/C17H23NO4/c1-4-7-13-8-5-6-9-15(13)22-11-16(19)18-14(17(20)21)10-12(2)3/h4-6,8-9,12,14H,1,7,10-11H2,2-3H3,(H,18,19)(H,20,21). The Morgan fingerprint density at radius 1 is 1.36 bits per heavy atom. The van der Waals surface area contributed by atoms with E-state index in [0.29, 0.717) is 18.6 Å². The molecule has 1 unspecified atom stereocenters. The van der Waals surface area contributed by atoms with Gasteiger partial charge in [-0.2, -0.15) is 0 Å². The monoisotopic (exact) mass is 305 g/mol. The molecule has 1 rings (SSSR count). The number of rotatable bonds is 9. The third-order valence-corrected chi connectivity index (χ3v) is 3.04. The summed E-state index contributed by atoms with van der Waals surface area (Å²) in [6.07, 6.45) is 2.78. The molecule has 0 saturated carbocycles. The maximum Gasteiger partial charge on any atom is 0.326 e. The summed E-state index contributed by atoms with van der Waals surface area (Å²) in [5.41, 5.74) is 0.933. The number of benzene rings is 1.